The van der Waals surface area contributed by atoms with Crippen LogP contribution < -0.4 is 4.74 Å². The van der Waals surface area contributed by atoms with Crippen molar-refractivity contribution < 1.29 is 14.3 Å². The van der Waals surface area contributed by atoms with Gasteiger partial charge in [-0.3, -0.25) is 0 Å². The second kappa shape index (κ2) is 12.0. The summed E-state index contributed by atoms with van der Waals surface area (Å²) in [5, 5.41) is 2.13. The lowest BCUT2D eigenvalue weighted by Gasteiger charge is -2.38. The smallest absolute Gasteiger partial charge is 0.330 e. The second-order valence-corrected chi connectivity index (χ2v) is 8.17. The fourth-order valence-electron chi connectivity index (χ4n) is 4.50. The van der Waals surface area contributed by atoms with Crippen molar-refractivity contribution >= 4 is 22.8 Å². The fourth-order valence-corrected chi connectivity index (χ4v) is 4.50. The van der Waals surface area contributed by atoms with Gasteiger partial charge in [0.15, 0.2) is 5.60 Å². The maximum Gasteiger partial charge on any atom is 0.330 e. The van der Waals surface area contributed by atoms with E-state index in [9.17, 15) is 4.79 Å². The minimum atomic E-state index is -0.751. The van der Waals surface area contributed by atoms with Crippen LogP contribution in [0.2, 0.25) is 0 Å². The van der Waals surface area contributed by atoms with E-state index in [1.54, 1.807) is 6.08 Å². The van der Waals surface area contributed by atoms with E-state index in [4.69, 9.17) is 9.47 Å². The van der Waals surface area contributed by atoms with Crippen molar-refractivity contribution in [3.63, 3.8) is 0 Å². The summed E-state index contributed by atoms with van der Waals surface area (Å²) in [7, 11) is 0. The predicted octanol–water partition coefficient (Wildman–Crippen LogP) is 8.47. The van der Waals surface area contributed by atoms with E-state index < -0.39 is 11.6 Å². The summed E-state index contributed by atoms with van der Waals surface area (Å²) >= 11 is 0. The van der Waals surface area contributed by atoms with Gasteiger partial charge >= 0.3 is 5.97 Å². The summed E-state index contributed by atoms with van der Waals surface area (Å²) in [6, 6.07) is 20.4. The molecule has 0 amide bonds. The molecule has 1 aliphatic rings. The third-order valence-electron chi connectivity index (χ3n) is 6.07. The average Bonchev–Trinajstić information content (AvgIpc) is 2.93. The molecular weight excluding hydrogens is 444 g/mol. The molecule has 1 unspecified atom stereocenters. The highest BCUT2D eigenvalue weighted by molar-refractivity contribution is 5.94. The first-order valence-corrected chi connectivity index (χ1v) is 12.3. The van der Waals surface area contributed by atoms with Crippen LogP contribution in [-0.2, 0) is 21.7 Å². The molecule has 0 aromatic heterocycles. The van der Waals surface area contributed by atoms with Gasteiger partial charge in [-0.25, -0.2) is 4.79 Å². The Hall–Kier alpha value is -4.11. The Labute approximate surface area is 214 Å². The number of benzene rings is 3. The molecule has 0 fully saturated rings. The molecule has 0 bridgehead atoms. The molecule has 0 radical (unpaired) electrons. The Bertz CT molecular complexity index is 1340. The minimum absolute atomic E-state index is 0.209. The summed E-state index contributed by atoms with van der Waals surface area (Å²) in [5.74, 6) is 0.384. The van der Waals surface area contributed by atoms with Gasteiger partial charge in [0.2, 0.25) is 0 Å². The van der Waals surface area contributed by atoms with Crippen LogP contribution in [0.4, 0.5) is 0 Å². The number of allylic oxidation sites excluding steroid dienone is 3. The Kier molecular flexibility index (Phi) is 8.86. The molecule has 0 spiro atoms. The number of hydrogen-bond acceptors (Lipinski definition) is 3. The minimum Gasteiger partial charge on any atom is -0.473 e. The van der Waals surface area contributed by atoms with Gasteiger partial charge in [0.05, 0.1) is 0 Å². The van der Waals surface area contributed by atoms with Crippen LogP contribution in [0.15, 0.2) is 115 Å². The Morgan fingerprint density at radius 3 is 2.47 bits per heavy atom. The van der Waals surface area contributed by atoms with Crippen LogP contribution in [0.25, 0.3) is 16.8 Å². The molecule has 0 saturated carbocycles. The third-order valence-corrected chi connectivity index (χ3v) is 6.07. The Morgan fingerprint density at radius 2 is 1.81 bits per heavy atom. The lowest BCUT2D eigenvalue weighted by Crippen LogP contribution is -2.35. The molecule has 3 nitrogen and oxygen atoms in total. The average molecular weight is 479 g/mol. The predicted molar refractivity (Wildman–Crippen MR) is 151 cm³/mol. The molecule has 0 N–H and O–H groups in total. The molecule has 3 aromatic carbocycles. The van der Waals surface area contributed by atoms with Crippen molar-refractivity contribution in [2.24, 2.45) is 0 Å². The third kappa shape index (κ3) is 5.26. The lowest BCUT2D eigenvalue weighted by molar-refractivity contribution is -0.138. The number of carbonyl (C=O) groups excluding carboxylic acids is 1. The van der Waals surface area contributed by atoms with E-state index in [1.165, 1.54) is 6.08 Å². The molecule has 4 rings (SSSR count). The maximum absolute atomic E-state index is 11.4. The zero-order valence-corrected chi connectivity index (χ0v) is 21.6. The molecule has 0 saturated heterocycles. The van der Waals surface area contributed by atoms with E-state index in [2.05, 4.69) is 50.4 Å². The van der Waals surface area contributed by atoms with Gasteiger partial charge in [-0.15, -0.1) is 0 Å². The zero-order chi connectivity index (χ0) is 26.1. The van der Waals surface area contributed by atoms with Crippen LogP contribution in [0.3, 0.4) is 0 Å². The standard InChI is InChI=1S/C31H28O3.C2H6/c1-5-11-22(4)28(6-2)31(25-12-9-8-10-13-25)19-18-27-26-16-14-23(21-33-30(32)7-3)20-24(26)15-17-29(27)34-31;1-2/h5-20H,1,3,21H2,2,4H3;1-2H3/b22-11-,28-6+;. The molecular formula is C33H34O3. The number of carbonyl (C=O) groups is 1. The highest BCUT2D eigenvalue weighted by Gasteiger charge is 2.39. The number of esters is 1. The molecule has 0 aliphatic carbocycles. The molecule has 1 heterocycles. The Balaban J connectivity index is 0.00000176. The summed E-state index contributed by atoms with van der Waals surface area (Å²) in [6.45, 7) is 15.6. The largest absolute Gasteiger partial charge is 0.473 e. The molecule has 1 aliphatic heterocycles. The van der Waals surface area contributed by atoms with E-state index in [0.29, 0.717) is 0 Å². The summed E-state index contributed by atoms with van der Waals surface area (Å²) in [4.78, 5) is 11.4. The van der Waals surface area contributed by atoms with Gasteiger partial charge in [-0.1, -0.05) is 93.8 Å². The van der Waals surface area contributed by atoms with Crippen molar-refractivity contribution in [2.75, 3.05) is 0 Å². The summed E-state index contributed by atoms with van der Waals surface area (Å²) in [6.07, 6.45) is 11.4. The van der Waals surface area contributed by atoms with E-state index in [0.717, 1.165) is 44.4 Å². The lowest BCUT2D eigenvalue weighted by atomic mass is 9.79. The summed E-state index contributed by atoms with van der Waals surface area (Å²) < 4.78 is 12.0. The molecule has 1 atom stereocenters. The highest BCUT2D eigenvalue weighted by Crippen LogP contribution is 2.46. The monoisotopic (exact) mass is 478 g/mol. The number of ether oxygens (including phenoxy) is 2. The first kappa shape index (κ1) is 26.5. The van der Waals surface area contributed by atoms with E-state index >= 15 is 0 Å². The maximum atomic E-state index is 11.4. The quantitative estimate of drug-likeness (QED) is 0.194. The number of hydrogen-bond donors (Lipinski definition) is 0. The molecule has 184 valence electrons. The van der Waals surface area contributed by atoms with Crippen molar-refractivity contribution in [3.8, 4) is 5.75 Å². The van der Waals surface area contributed by atoms with Crippen LogP contribution in [0.5, 0.6) is 5.75 Å². The normalized spacial score (nSPS) is 16.8. The summed E-state index contributed by atoms with van der Waals surface area (Å²) in [5.41, 5.74) is 4.41. The first-order chi connectivity index (χ1) is 17.5. The SMILES string of the molecule is C=C/C=C(C)\C(=C/C)C1(c2ccccc2)C=Cc2c(ccc3cc(COC(=O)C=C)ccc23)O1.CC. The van der Waals surface area contributed by atoms with Crippen LogP contribution in [0.1, 0.15) is 44.4 Å². The second-order valence-electron chi connectivity index (χ2n) is 8.17. The van der Waals surface area contributed by atoms with Crippen LogP contribution in [0, 0.1) is 0 Å². The fraction of sp³-hybridized carbons (Fsp3) is 0.182. The topological polar surface area (TPSA) is 35.5 Å². The van der Waals surface area contributed by atoms with Gasteiger partial charge in [0.25, 0.3) is 0 Å². The van der Waals surface area contributed by atoms with Gasteiger partial charge in [0, 0.05) is 22.8 Å². The number of fused-ring (bicyclic) bond motifs is 3. The van der Waals surface area contributed by atoms with Crippen LogP contribution >= 0.6 is 0 Å². The Morgan fingerprint density at radius 1 is 1.06 bits per heavy atom. The van der Waals surface area contributed by atoms with Gasteiger partial charge < -0.3 is 9.47 Å². The first-order valence-electron chi connectivity index (χ1n) is 12.3. The van der Waals surface area contributed by atoms with Crippen LogP contribution in [-0.4, -0.2) is 5.97 Å². The van der Waals surface area contributed by atoms with Crippen molar-refractivity contribution in [3.05, 3.63) is 132 Å². The molecule has 3 heteroatoms. The molecule has 3 aromatic rings. The van der Waals surface area contributed by atoms with Gasteiger partial charge in [-0.2, -0.15) is 0 Å². The van der Waals surface area contributed by atoms with E-state index in [1.807, 2.05) is 75.4 Å². The van der Waals surface area contributed by atoms with Crippen molar-refractivity contribution in [1.82, 2.24) is 0 Å². The van der Waals surface area contributed by atoms with Gasteiger partial charge in [-0.05, 0) is 60.0 Å². The van der Waals surface area contributed by atoms with E-state index in [-0.39, 0.29) is 6.61 Å². The number of rotatable bonds is 7. The molecule has 36 heavy (non-hydrogen) atoms. The van der Waals surface area contributed by atoms with Crippen molar-refractivity contribution in [1.29, 1.82) is 0 Å². The zero-order valence-electron chi connectivity index (χ0n) is 21.6. The van der Waals surface area contributed by atoms with Gasteiger partial charge in [0.1, 0.15) is 12.4 Å². The highest BCUT2D eigenvalue weighted by atomic mass is 16.5. The van der Waals surface area contributed by atoms with Crippen molar-refractivity contribution in [2.45, 2.75) is 39.9 Å².